The molecule has 1 amide bonds. The summed E-state index contributed by atoms with van der Waals surface area (Å²) in [6.07, 6.45) is 11.1. The predicted octanol–water partition coefficient (Wildman–Crippen LogP) is 6.05. The minimum atomic E-state index is -0.0423. The Labute approximate surface area is 185 Å². The normalized spacial score (nSPS) is 11.2. The highest BCUT2D eigenvalue weighted by atomic mass is 16.2. The van der Waals surface area contributed by atoms with Gasteiger partial charge in [0.05, 0.1) is 11.9 Å². The molecule has 0 atom stereocenters. The highest BCUT2D eigenvalue weighted by Gasteiger charge is 2.11. The van der Waals surface area contributed by atoms with Crippen molar-refractivity contribution in [3.8, 4) is 16.9 Å². The fourth-order valence-corrected chi connectivity index (χ4v) is 3.51. The molecule has 162 valence electrons. The van der Waals surface area contributed by atoms with Crippen LogP contribution in [0.15, 0.2) is 65.9 Å². The molecule has 5 nitrogen and oxygen atoms in total. The molecule has 3 aromatic rings. The molecule has 0 spiro atoms. The van der Waals surface area contributed by atoms with E-state index in [0.29, 0.717) is 6.42 Å². The maximum absolute atomic E-state index is 12.1. The zero-order valence-electron chi connectivity index (χ0n) is 18.6. The number of unbranched alkanes of at least 4 members (excludes halogenated alkanes) is 5. The summed E-state index contributed by atoms with van der Waals surface area (Å²) in [7, 11) is 0. The molecule has 5 heteroatoms. The molecule has 0 fully saturated rings. The zero-order valence-corrected chi connectivity index (χ0v) is 18.6. The molecular weight excluding hydrogens is 384 g/mol. The summed E-state index contributed by atoms with van der Waals surface area (Å²) in [6, 6.07) is 18.2. The van der Waals surface area contributed by atoms with E-state index in [1.807, 2.05) is 53.3 Å². The molecule has 0 unspecified atom stereocenters. The number of hydrazone groups is 1. The highest BCUT2D eigenvalue weighted by Crippen LogP contribution is 2.23. The van der Waals surface area contributed by atoms with Crippen molar-refractivity contribution in [2.75, 3.05) is 0 Å². The number of carbonyl (C=O) groups excluding carboxylic acids is 1. The molecule has 31 heavy (non-hydrogen) atoms. The first-order chi connectivity index (χ1) is 15.2. The fraction of sp³-hybridized carbons (Fsp3) is 0.346. The molecule has 1 N–H and O–H groups in total. The average Bonchev–Trinajstić information content (AvgIpc) is 3.21. The topological polar surface area (TPSA) is 59.3 Å². The van der Waals surface area contributed by atoms with Crippen molar-refractivity contribution in [3.63, 3.8) is 0 Å². The van der Waals surface area contributed by atoms with Crippen molar-refractivity contribution in [2.45, 2.75) is 58.8 Å². The molecule has 0 saturated heterocycles. The van der Waals surface area contributed by atoms with Crippen molar-refractivity contribution < 1.29 is 4.79 Å². The Morgan fingerprint density at radius 3 is 2.58 bits per heavy atom. The van der Waals surface area contributed by atoms with Gasteiger partial charge < -0.3 is 0 Å². The van der Waals surface area contributed by atoms with Gasteiger partial charge in [-0.15, -0.1) is 0 Å². The second kappa shape index (κ2) is 11.8. The smallest absolute Gasteiger partial charge is 0.240 e. The van der Waals surface area contributed by atoms with Crippen LogP contribution in [0, 0.1) is 6.92 Å². The fourth-order valence-electron chi connectivity index (χ4n) is 3.51. The van der Waals surface area contributed by atoms with Gasteiger partial charge in [-0.1, -0.05) is 81.0 Å². The van der Waals surface area contributed by atoms with E-state index in [1.165, 1.54) is 31.2 Å². The molecular formula is C26H32N4O. The minimum Gasteiger partial charge on any atom is -0.273 e. The van der Waals surface area contributed by atoms with Crippen LogP contribution in [-0.4, -0.2) is 21.9 Å². The summed E-state index contributed by atoms with van der Waals surface area (Å²) in [5.74, 6) is -0.0423. The quantitative estimate of drug-likeness (QED) is 0.235. The van der Waals surface area contributed by atoms with Crippen molar-refractivity contribution in [2.24, 2.45) is 5.10 Å². The maximum Gasteiger partial charge on any atom is 0.240 e. The number of carbonyl (C=O) groups is 1. The summed E-state index contributed by atoms with van der Waals surface area (Å²) in [6.45, 7) is 4.27. The standard InChI is InChI=1S/C26H32N4O/c1-3-4-5-6-7-11-17-25(31)28-27-19-23-20-30(24-15-9-8-10-16-24)29-26(23)22-14-12-13-21(2)18-22/h8-10,12-16,18-20H,3-7,11,17H2,1-2H3,(H,28,31)/b27-19+. The van der Waals surface area contributed by atoms with Gasteiger partial charge in [-0.2, -0.15) is 10.2 Å². The summed E-state index contributed by atoms with van der Waals surface area (Å²) in [5.41, 5.74) is 7.52. The molecule has 0 aliphatic carbocycles. The Morgan fingerprint density at radius 1 is 1.03 bits per heavy atom. The molecule has 0 radical (unpaired) electrons. The molecule has 1 heterocycles. The number of hydrogen-bond acceptors (Lipinski definition) is 3. The molecule has 0 aliphatic heterocycles. The largest absolute Gasteiger partial charge is 0.273 e. The van der Waals surface area contributed by atoms with E-state index in [0.717, 1.165) is 35.3 Å². The van der Waals surface area contributed by atoms with E-state index in [-0.39, 0.29) is 5.91 Å². The average molecular weight is 417 g/mol. The number of rotatable bonds is 11. The molecule has 0 saturated carbocycles. The van der Waals surface area contributed by atoms with Crippen LogP contribution in [-0.2, 0) is 4.79 Å². The lowest BCUT2D eigenvalue weighted by Crippen LogP contribution is -2.16. The third kappa shape index (κ3) is 6.92. The van der Waals surface area contributed by atoms with E-state index >= 15 is 0 Å². The Balaban J connectivity index is 1.68. The number of amides is 1. The van der Waals surface area contributed by atoms with Gasteiger partial charge in [0.15, 0.2) is 0 Å². The lowest BCUT2D eigenvalue weighted by Gasteiger charge is -2.02. The molecule has 0 bridgehead atoms. The van der Waals surface area contributed by atoms with E-state index in [1.54, 1.807) is 6.21 Å². The van der Waals surface area contributed by atoms with Crippen molar-refractivity contribution in [1.29, 1.82) is 0 Å². The second-order valence-corrected chi connectivity index (χ2v) is 7.89. The Kier molecular flexibility index (Phi) is 8.59. The first-order valence-electron chi connectivity index (χ1n) is 11.2. The first-order valence-corrected chi connectivity index (χ1v) is 11.2. The SMILES string of the molecule is CCCCCCCCC(=O)N/N=C/c1cn(-c2ccccc2)nc1-c1cccc(C)c1. The third-order valence-corrected chi connectivity index (χ3v) is 5.21. The Hall–Kier alpha value is -3.21. The number of benzene rings is 2. The summed E-state index contributed by atoms with van der Waals surface area (Å²) in [5, 5.41) is 8.99. The zero-order chi connectivity index (χ0) is 21.9. The van der Waals surface area contributed by atoms with E-state index in [4.69, 9.17) is 5.10 Å². The van der Waals surface area contributed by atoms with Crippen molar-refractivity contribution in [1.82, 2.24) is 15.2 Å². The van der Waals surface area contributed by atoms with Crippen LogP contribution in [0.1, 0.15) is 63.0 Å². The van der Waals surface area contributed by atoms with Crippen LogP contribution in [0.2, 0.25) is 0 Å². The molecule has 0 aliphatic rings. The predicted molar refractivity (Wildman–Crippen MR) is 127 cm³/mol. The monoisotopic (exact) mass is 416 g/mol. The van der Waals surface area contributed by atoms with E-state index in [9.17, 15) is 4.79 Å². The van der Waals surface area contributed by atoms with Crippen LogP contribution in [0.3, 0.4) is 0 Å². The summed E-state index contributed by atoms with van der Waals surface area (Å²) < 4.78 is 1.84. The molecule has 3 rings (SSSR count). The maximum atomic E-state index is 12.1. The second-order valence-electron chi connectivity index (χ2n) is 7.89. The lowest BCUT2D eigenvalue weighted by molar-refractivity contribution is -0.121. The van der Waals surface area contributed by atoms with Gasteiger partial charge >= 0.3 is 0 Å². The van der Waals surface area contributed by atoms with Crippen molar-refractivity contribution >= 4 is 12.1 Å². The van der Waals surface area contributed by atoms with Crippen LogP contribution in [0.25, 0.3) is 16.9 Å². The van der Waals surface area contributed by atoms with Gasteiger partial charge in [0, 0.05) is 23.7 Å². The van der Waals surface area contributed by atoms with Gasteiger partial charge in [0.25, 0.3) is 0 Å². The van der Waals surface area contributed by atoms with Crippen LogP contribution < -0.4 is 5.43 Å². The Morgan fingerprint density at radius 2 is 1.81 bits per heavy atom. The summed E-state index contributed by atoms with van der Waals surface area (Å²) in [4.78, 5) is 12.1. The highest BCUT2D eigenvalue weighted by molar-refractivity contribution is 5.89. The number of aromatic nitrogens is 2. The van der Waals surface area contributed by atoms with Gasteiger partial charge in [-0.3, -0.25) is 4.79 Å². The van der Waals surface area contributed by atoms with Gasteiger partial charge in [-0.25, -0.2) is 10.1 Å². The van der Waals surface area contributed by atoms with Gasteiger partial charge in [0.1, 0.15) is 5.69 Å². The van der Waals surface area contributed by atoms with Crippen LogP contribution in [0.4, 0.5) is 0 Å². The van der Waals surface area contributed by atoms with Crippen LogP contribution in [0.5, 0.6) is 0 Å². The molecule has 2 aromatic carbocycles. The number of aryl methyl sites for hydroxylation is 1. The lowest BCUT2D eigenvalue weighted by atomic mass is 10.1. The van der Waals surface area contributed by atoms with Gasteiger partial charge in [0.2, 0.25) is 5.91 Å². The number of nitrogens with zero attached hydrogens (tertiary/aromatic N) is 3. The van der Waals surface area contributed by atoms with Crippen molar-refractivity contribution in [3.05, 3.63) is 71.9 Å². The third-order valence-electron chi connectivity index (χ3n) is 5.21. The Bertz CT molecular complexity index is 992. The van der Waals surface area contributed by atoms with Crippen LogP contribution >= 0.6 is 0 Å². The number of hydrogen-bond donors (Lipinski definition) is 1. The van der Waals surface area contributed by atoms with Gasteiger partial charge in [-0.05, 0) is 31.5 Å². The first kappa shape index (κ1) is 22.5. The summed E-state index contributed by atoms with van der Waals surface area (Å²) >= 11 is 0. The molecule has 1 aromatic heterocycles. The van der Waals surface area contributed by atoms with E-state index in [2.05, 4.69) is 36.5 Å². The number of para-hydroxylation sites is 1. The minimum absolute atomic E-state index is 0.0423. The number of nitrogens with one attached hydrogen (secondary N) is 1. The van der Waals surface area contributed by atoms with E-state index < -0.39 is 0 Å².